The van der Waals surface area contributed by atoms with E-state index in [1.165, 1.54) is 92.6 Å². The van der Waals surface area contributed by atoms with E-state index < -0.39 is 0 Å². The van der Waals surface area contributed by atoms with Crippen LogP contribution in [0.25, 0.3) is 53.6 Å². The molecule has 1 aromatic heterocycles. The molecule has 10 aromatic rings. The van der Waals surface area contributed by atoms with Gasteiger partial charge in [-0.1, -0.05) is 170 Å². The van der Waals surface area contributed by atoms with Gasteiger partial charge < -0.3 is 4.90 Å². The number of hydrogen-bond acceptors (Lipinski definition) is 2. The van der Waals surface area contributed by atoms with E-state index in [0.717, 1.165) is 11.4 Å². The Labute approximate surface area is 342 Å². The minimum Gasteiger partial charge on any atom is -0.310 e. The van der Waals surface area contributed by atoms with Crippen LogP contribution < -0.4 is 4.90 Å². The zero-order valence-electron chi connectivity index (χ0n) is 31.7. The van der Waals surface area contributed by atoms with Crippen LogP contribution in [0.2, 0.25) is 0 Å². The van der Waals surface area contributed by atoms with Crippen molar-refractivity contribution < 1.29 is 0 Å². The molecule has 1 nitrogen and oxygen atoms in total. The molecule has 272 valence electrons. The zero-order valence-corrected chi connectivity index (χ0v) is 32.5. The molecule has 0 atom stereocenters. The fraction of sp³-hybridized carbons (Fsp3) is 0.0357. The molecule has 0 spiro atoms. The van der Waals surface area contributed by atoms with Crippen molar-refractivity contribution in [2.75, 3.05) is 4.90 Å². The summed E-state index contributed by atoms with van der Waals surface area (Å²) in [4.78, 5) is 2.51. The lowest BCUT2D eigenvalue weighted by Crippen LogP contribution is -2.30. The van der Waals surface area contributed by atoms with Gasteiger partial charge in [0.2, 0.25) is 0 Å². The summed E-state index contributed by atoms with van der Waals surface area (Å²) in [5.41, 5.74) is 19.5. The van der Waals surface area contributed by atoms with E-state index in [0.29, 0.717) is 0 Å². The molecule has 0 saturated heterocycles. The van der Waals surface area contributed by atoms with Crippen LogP contribution in [-0.2, 0) is 0 Å². The Morgan fingerprint density at radius 3 is 1.45 bits per heavy atom. The lowest BCUT2D eigenvalue weighted by molar-refractivity contribution is 0.755. The molecule has 3 aliphatic rings. The van der Waals surface area contributed by atoms with Crippen LogP contribution in [0.5, 0.6) is 0 Å². The number of benzene rings is 9. The molecule has 0 unspecified atom stereocenters. The maximum atomic E-state index is 2.51. The summed E-state index contributed by atoms with van der Waals surface area (Å²) in [5, 5.41) is 2.66. The van der Waals surface area contributed by atoms with Crippen molar-refractivity contribution in [3.8, 4) is 33.4 Å². The summed E-state index contributed by atoms with van der Waals surface area (Å²) in [6, 6.07) is 78.8. The molecule has 58 heavy (non-hydrogen) atoms. The molecule has 2 heteroatoms. The van der Waals surface area contributed by atoms with Crippen molar-refractivity contribution >= 4 is 48.6 Å². The molecule has 2 bridgehead atoms. The highest BCUT2D eigenvalue weighted by molar-refractivity contribution is 7.25. The third kappa shape index (κ3) is 5.09. The van der Waals surface area contributed by atoms with E-state index in [9.17, 15) is 0 Å². The molecule has 1 heterocycles. The third-order valence-corrected chi connectivity index (χ3v) is 13.6. The molecule has 0 N–H and O–H groups in total. The minimum absolute atomic E-state index is 0.0981. The predicted octanol–water partition coefficient (Wildman–Crippen LogP) is 15.5. The highest BCUT2D eigenvalue weighted by Crippen LogP contribution is 2.61. The highest BCUT2D eigenvalue weighted by atomic mass is 32.1. The van der Waals surface area contributed by atoms with Gasteiger partial charge in [0, 0.05) is 43.4 Å². The van der Waals surface area contributed by atoms with Crippen molar-refractivity contribution in [1.82, 2.24) is 0 Å². The highest BCUT2D eigenvalue weighted by Gasteiger charge is 2.44. The molecule has 3 aliphatic carbocycles. The van der Waals surface area contributed by atoms with Crippen molar-refractivity contribution in [2.24, 2.45) is 0 Å². The second kappa shape index (κ2) is 13.3. The first-order valence-electron chi connectivity index (χ1n) is 20.2. The maximum absolute atomic E-state index is 2.51. The van der Waals surface area contributed by atoms with E-state index in [1.54, 1.807) is 0 Å². The van der Waals surface area contributed by atoms with Gasteiger partial charge in [0.05, 0.1) is 5.69 Å². The fourth-order valence-corrected chi connectivity index (χ4v) is 11.1. The average molecular weight is 756 g/mol. The summed E-state index contributed by atoms with van der Waals surface area (Å²) >= 11 is 1.87. The van der Waals surface area contributed by atoms with Gasteiger partial charge in [0.15, 0.2) is 0 Å². The smallest absolute Gasteiger partial charge is 0.0506 e. The largest absolute Gasteiger partial charge is 0.310 e. The number of nitrogens with zero attached hydrogens (tertiary/aromatic N) is 1. The summed E-state index contributed by atoms with van der Waals surface area (Å²) < 4.78 is 2.65. The first-order chi connectivity index (χ1) is 28.8. The normalized spacial score (nSPS) is 14.9. The van der Waals surface area contributed by atoms with Crippen LogP contribution in [-0.4, -0.2) is 0 Å². The Balaban J connectivity index is 1.09. The molecule has 0 amide bonds. The van der Waals surface area contributed by atoms with Gasteiger partial charge in [-0.15, -0.1) is 11.3 Å². The molecule has 0 saturated carbocycles. The number of rotatable bonds is 6. The second-order valence-corrected chi connectivity index (χ2v) is 16.6. The third-order valence-electron chi connectivity index (χ3n) is 12.5. The second-order valence-electron chi connectivity index (χ2n) is 15.5. The Morgan fingerprint density at radius 2 is 0.810 bits per heavy atom. The molecule has 9 aromatic carbocycles. The summed E-state index contributed by atoms with van der Waals surface area (Å²) in [5.74, 6) is 0.231. The topological polar surface area (TPSA) is 3.24 Å². The van der Waals surface area contributed by atoms with Gasteiger partial charge in [-0.2, -0.15) is 0 Å². The van der Waals surface area contributed by atoms with Crippen LogP contribution in [0, 0.1) is 0 Å². The van der Waals surface area contributed by atoms with Gasteiger partial charge in [0.1, 0.15) is 0 Å². The number of hydrogen-bond donors (Lipinski definition) is 0. The number of anilines is 3. The Morgan fingerprint density at radius 1 is 0.328 bits per heavy atom. The number of thiophene rings is 1. The van der Waals surface area contributed by atoms with Crippen LogP contribution in [0.4, 0.5) is 17.1 Å². The SMILES string of the molecule is c1ccc(-c2ccc(N(c3ccc(-c4cccc5sc6ccccc6c45)cc3)c3ccc(-c4ccccc4)c4c3C3c5ccccc5C4c4ccccc43)cc2)cc1. The summed E-state index contributed by atoms with van der Waals surface area (Å²) in [7, 11) is 0. The molecule has 0 fully saturated rings. The van der Waals surface area contributed by atoms with E-state index in [2.05, 4.69) is 217 Å². The first-order valence-corrected chi connectivity index (χ1v) is 21.0. The van der Waals surface area contributed by atoms with E-state index in [1.807, 2.05) is 11.3 Å². The average Bonchev–Trinajstić information content (AvgIpc) is 3.69. The van der Waals surface area contributed by atoms with Gasteiger partial charge in [-0.25, -0.2) is 0 Å². The van der Waals surface area contributed by atoms with Crippen LogP contribution in [0.1, 0.15) is 45.2 Å². The monoisotopic (exact) mass is 755 g/mol. The zero-order chi connectivity index (χ0) is 38.2. The van der Waals surface area contributed by atoms with Crippen molar-refractivity contribution in [3.63, 3.8) is 0 Å². The Kier molecular flexibility index (Phi) is 7.61. The molecular formula is C56H37NS. The quantitative estimate of drug-likeness (QED) is 0.163. The fourth-order valence-electron chi connectivity index (χ4n) is 10.0. The summed E-state index contributed by atoms with van der Waals surface area (Å²) in [6.45, 7) is 0. The van der Waals surface area contributed by atoms with Crippen molar-refractivity contribution in [2.45, 2.75) is 11.8 Å². The first kappa shape index (κ1) is 33.2. The number of fused-ring (bicyclic) bond motifs is 3. The maximum Gasteiger partial charge on any atom is 0.0506 e. The van der Waals surface area contributed by atoms with Crippen LogP contribution in [0.15, 0.2) is 212 Å². The van der Waals surface area contributed by atoms with Gasteiger partial charge in [-0.05, 0) is 109 Å². The van der Waals surface area contributed by atoms with E-state index >= 15 is 0 Å². The van der Waals surface area contributed by atoms with Gasteiger partial charge in [0.25, 0.3) is 0 Å². The minimum atomic E-state index is 0.0981. The molecule has 0 aliphatic heterocycles. The Bertz CT molecular complexity index is 3110. The molecule has 0 radical (unpaired) electrons. The standard InChI is InChI=1S/C56H37NS/c1-3-14-36(15-4-1)37-26-30-40(31-27-37)57(41-32-28-39(29-33-41)42-23-13-25-51-52(42)48-22-11-12-24-50(48)58-51)49-35-34-43(38-16-5-2-6-17-38)55-53-44-18-7-9-20-46(44)54(56(49)55)47-21-10-8-19-45(47)53/h1-35,53-54H. The van der Waals surface area contributed by atoms with Crippen LogP contribution >= 0.6 is 11.3 Å². The van der Waals surface area contributed by atoms with E-state index in [-0.39, 0.29) is 11.8 Å². The molecule has 13 rings (SSSR count). The molecular weight excluding hydrogens is 719 g/mol. The van der Waals surface area contributed by atoms with Crippen molar-refractivity contribution in [3.05, 3.63) is 246 Å². The lowest BCUT2D eigenvalue weighted by Gasteiger charge is -2.45. The van der Waals surface area contributed by atoms with E-state index in [4.69, 9.17) is 0 Å². The van der Waals surface area contributed by atoms with Crippen LogP contribution in [0.3, 0.4) is 0 Å². The van der Waals surface area contributed by atoms with Gasteiger partial charge >= 0.3 is 0 Å². The predicted molar refractivity (Wildman–Crippen MR) is 245 cm³/mol. The van der Waals surface area contributed by atoms with Crippen molar-refractivity contribution in [1.29, 1.82) is 0 Å². The Hall–Kier alpha value is -7.00. The summed E-state index contributed by atoms with van der Waals surface area (Å²) in [6.07, 6.45) is 0. The lowest BCUT2D eigenvalue weighted by atomic mass is 9.59. The van der Waals surface area contributed by atoms with Gasteiger partial charge in [-0.3, -0.25) is 0 Å².